The number of benzene rings is 2. The Hall–Kier alpha value is -3.36. The van der Waals surface area contributed by atoms with Gasteiger partial charge < -0.3 is 9.15 Å². The fourth-order valence-electron chi connectivity index (χ4n) is 2.59. The first-order valence-corrected chi connectivity index (χ1v) is 8.21. The molecule has 0 atom stereocenters. The first kappa shape index (κ1) is 19.4. The molecule has 146 valence electrons. The summed E-state index contributed by atoms with van der Waals surface area (Å²) in [7, 11) is 1.57. The maximum absolute atomic E-state index is 12.6. The number of rotatable bonds is 5. The SMILES string of the molecule is COc1ccc(CC(=O)Nc2nnc(-c3ccc(C(F)(F)F)cc3)o2)cc1C. The molecule has 0 saturated heterocycles. The van der Waals surface area contributed by atoms with Gasteiger partial charge >= 0.3 is 12.2 Å². The van der Waals surface area contributed by atoms with Gasteiger partial charge in [0.2, 0.25) is 11.8 Å². The number of aryl methyl sites for hydroxylation is 1. The molecule has 1 aromatic heterocycles. The van der Waals surface area contributed by atoms with Gasteiger partial charge in [-0.05, 0) is 48.4 Å². The summed E-state index contributed by atoms with van der Waals surface area (Å²) in [5, 5.41) is 9.92. The van der Waals surface area contributed by atoms with Crippen LogP contribution in [-0.2, 0) is 17.4 Å². The van der Waals surface area contributed by atoms with Gasteiger partial charge in [0.05, 0.1) is 19.1 Å². The summed E-state index contributed by atoms with van der Waals surface area (Å²) >= 11 is 0. The smallest absolute Gasteiger partial charge is 0.416 e. The predicted octanol–water partition coefficient (Wildman–Crippen LogP) is 4.25. The van der Waals surface area contributed by atoms with Crippen molar-refractivity contribution in [3.05, 3.63) is 59.2 Å². The van der Waals surface area contributed by atoms with Crippen LogP contribution in [0.5, 0.6) is 5.75 Å². The van der Waals surface area contributed by atoms with Gasteiger partial charge in [0, 0.05) is 5.56 Å². The number of anilines is 1. The number of ether oxygens (including phenoxy) is 1. The van der Waals surface area contributed by atoms with E-state index in [0.717, 1.165) is 29.0 Å². The Morgan fingerprint density at radius 3 is 2.46 bits per heavy atom. The van der Waals surface area contributed by atoms with Crippen molar-refractivity contribution in [2.24, 2.45) is 0 Å². The second-order valence-electron chi connectivity index (χ2n) is 6.02. The van der Waals surface area contributed by atoms with Crippen LogP contribution in [0.15, 0.2) is 46.9 Å². The zero-order chi connectivity index (χ0) is 20.3. The fourth-order valence-corrected chi connectivity index (χ4v) is 2.59. The maximum Gasteiger partial charge on any atom is 0.416 e. The molecule has 0 aliphatic carbocycles. The second kappa shape index (κ2) is 7.71. The number of carbonyl (C=O) groups is 1. The minimum Gasteiger partial charge on any atom is -0.496 e. The number of hydrogen-bond donors (Lipinski definition) is 1. The summed E-state index contributed by atoms with van der Waals surface area (Å²) in [6, 6.07) is 9.53. The van der Waals surface area contributed by atoms with Gasteiger partial charge in [0.25, 0.3) is 0 Å². The monoisotopic (exact) mass is 391 g/mol. The average molecular weight is 391 g/mol. The lowest BCUT2D eigenvalue weighted by molar-refractivity contribution is -0.137. The molecule has 0 fully saturated rings. The van der Waals surface area contributed by atoms with Crippen LogP contribution >= 0.6 is 0 Å². The van der Waals surface area contributed by atoms with Crippen LogP contribution in [0.1, 0.15) is 16.7 Å². The Morgan fingerprint density at radius 2 is 1.86 bits per heavy atom. The van der Waals surface area contributed by atoms with Crippen molar-refractivity contribution in [3.8, 4) is 17.2 Å². The Balaban J connectivity index is 1.65. The van der Waals surface area contributed by atoms with E-state index in [1.807, 2.05) is 13.0 Å². The molecule has 6 nitrogen and oxygen atoms in total. The van der Waals surface area contributed by atoms with Gasteiger partial charge in [0.15, 0.2) is 0 Å². The number of carbonyl (C=O) groups excluding carboxylic acids is 1. The topological polar surface area (TPSA) is 77.2 Å². The first-order valence-electron chi connectivity index (χ1n) is 8.21. The van der Waals surface area contributed by atoms with Gasteiger partial charge in [0.1, 0.15) is 5.75 Å². The quantitative estimate of drug-likeness (QED) is 0.704. The van der Waals surface area contributed by atoms with Crippen molar-refractivity contribution >= 4 is 11.9 Å². The molecule has 0 radical (unpaired) electrons. The standard InChI is InChI=1S/C19H16F3N3O3/c1-11-9-12(3-8-15(11)27-2)10-16(26)23-18-25-24-17(28-18)13-4-6-14(7-5-13)19(20,21)22/h3-9H,10H2,1-2H3,(H,23,25,26). The van der Waals surface area contributed by atoms with E-state index in [1.54, 1.807) is 19.2 Å². The third-order valence-corrected chi connectivity index (χ3v) is 3.95. The lowest BCUT2D eigenvalue weighted by Gasteiger charge is -2.07. The number of nitrogens with zero attached hydrogens (tertiary/aromatic N) is 2. The molecular formula is C19H16F3N3O3. The number of hydrogen-bond acceptors (Lipinski definition) is 5. The molecule has 3 aromatic rings. The Morgan fingerprint density at radius 1 is 1.14 bits per heavy atom. The predicted molar refractivity (Wildman–Crippen MR) is 94.8 cm³/mol. The van der Waals surface area contributed by atoms with Crippen molar-refractivity contribution in [1.29, 1.82) is 0 Å². The van der Waals surface area contributed by atoms with Crippen molar-refractivity contribution in [1.82, 2.24) is 10.2 Å². The normalized spacial score (nSPS) is 11.3. The van der Waals surface area contributed by atoms with Gasteiger partial charge in [-0.1, -0.05) is 17.2 Å². The second-order valence-corrected chi connectivity index (χ2v) is 6.02. The molecule has 1 heterocycles. The zero-order valence-electron chi connectivity index (χ0n) is 15.0. The first-order chi connectivity index (χ1) is 13.3. The molecule has 0 aliphatic rings. The Bertz CT molecular complexity index is 982. The lowest BCUT2D eigenvalue weighted by atomic mass is 10.1. The molecule has 9 heteroatoms. The maximum atomic E-state index is 12.6. The lowest BCUT2D eigenvalue weighted by Crippen LogP contribution is -2.14. The van der Waals surface area contributed by atoms with E-state index in [9.17, 15) is 18.0 Å². The Kier molecular flexibility index (Phi) is 5.34. The van der Waals surface area contributed by atoms with Gasteiger partial charge in [-0.15, -0.1) is 5.10 Å². The van der Waals surface area contributed by atoms with Crippen LogP contribution in [0, 0.1) is 6.92 Å². The van der Waals surface area contributed by atoms with Crippen LogP contribution in [-0.4, -0.2) is 23.2 Å². The minimum atomic E-state index is -4.42. The molecule has 0 bridgehead atoms. The van der Waals surface area contributed by atoms with Crippen molar-refractivity contribution in [2.45, 2.75) is 19.5 Å². The zero-order valence-corrected chi connectivity index (χ0v) is 15.0. The molecule has 0 unspecified atom stereocenters. The summed E-state index contributed by atoms with van der Waals surface area (Å²) in [5.41, 5.74) is 1.21. The highest BCUT2D eigenvalue weighted by molar-refractivity contribution is 5.90. The summed E-state index contributed by atoms with van der Waals surface area (Å²) in [6.07, 6.45) is -4.34. The van der Waals surface area contributed by atoms with Gasteiger partial charge in [-0.2, -0.15) is 13.2 Å². The molecule has 0 aliphatic heterocycles. The number of methoxy groups -OCH3 is 1. The van der Waals surface area contributed by atoms with Crippen LogP contribution in [0.4, 0.5) is 19.2 Å². The van der Waals surface area contributed by atoms with E-state index >= 15 is 0 Å². The van der Waals surface area contributed by atoms with Crippen molar-refractivity contribution < 1.29 is 27.1 Å². The average Bonchev–Trinajstić information content (AvgIpc) is 3.09. The summed E-state index contributed by atoms with van der Waals surface area (Å²) in [4.78, 5) is 12.2. The summed E-state index contributed by atoms with van der Waals surface area (Å²) in [5.74, 6) is 0.360. The number of amides is 1. The molecular weight excluding hydrogens is 375 g/mol. The summed E-state index contributed by atoms with van der Waals surface area (Å²) in [6.45, 7) is 1.87. The van der Waals surface area contributed by atoms with Crippen LogP contribution in [0.2, 0.25) is 0 Å². The Labute approximate surface area is 158 Å². The van der Waals surface area contributed by atoms with Crippen molar-refractivity contribution in [2.75, 3.05) is 12.4 Å². The van der Waals surface area contributed by atoms with Crippen LogP contribution in [0.25, 0.3) is 11.5 Å². The third-order valence-electron chi connectivity index (χ3n) is 3.95. The summed E-state index contributed by atoms with van der Waals surface area (Å²) < 4.78 is 48.3. The third kappa shape index (κ3) is 4.48. The van der Waals surface area contributed by atoms with Crippen molar-refractivity contribution in [3.63, 3.8) is 0 Å². The minimum absolute atomic E-state index is 0.00400. The van der Waals surface area contributed by atoms with Gasteiger partial charge in [-0.25, -0.2) is 0 Å². The van der Waals surface area contributed by atoms with E-state index in [4.69, 9.17) is 9.15 Å². The molecule has 1 amide bonds. The molecule has 0 saturated carbocycles. The van der Waals surface area contributed by atoms with E-state index in [1.165, 1.54) is 12.1 Å². The van der Waals surface area contributed by atoms with E-state index < -0.39 is 11.7 Å². The molecule has 28 heavy (non-hydrogen) atoms. The molecule has 0 spiro atoms. The molecule has 3 rings (SSSR count). The highest BCUT2D eigenvalue weighted by Crippen LogP contribution is 2.31. The van der Waals surface area contributed by atoms with E-state index in [2.05, 4.69) is 15.5 Å². The van der Waals surface area contributed by atoms with Crippen LogP contribution < -0.4 is 10.1 Å². The number of halogens is 3. The molecule has 1 N–H and O–H groups in total. The highest BCUT2D eigenvalue weighted by Gasteiger charge is 2.30. The van der Waals surface area contributed by atoms with Gasteiger partial charge in [-0.3, -0.25) is 10.1 Å². The highest BCUT2D eigenvalue weighted by atomic mass is 19.4. The molecule has 2 aromatic carbocycles. The fraction of sp³-hybridized carbons (Fsp3) is 0.211. The largest absolute Gasteiger partial charge is 0.496 e. The number of nitrogens with one attached hydrogen (secondary N) is 1. The van der Waals surface area contributed by atoms with Crippen LogP contribution in [0.3, 0.4) is 0 Å². The number of alkyl halides is 3. The van der Waals surface area contributed by atoms with E-state index in [-0.39, 0.29) is 24.2 Å². The van der Waals surface area contributed by atoms with E-state index in [0.29, 0.717) is 5.56 Å². The number of aromatic nitrogens is 2.